The molecule has 1 aliphatic rings. The van der Waals surface area contributed by atoms with Crippen molar-refractivity contribution >= 4 is 11.7 Å². The molecule has 88 valence electrons. The highest BCUT2D eigenvalue weighted by molar-refractivity contribution is 6.01. The van der Waals surface area contributed by atoms with Crippen LogP contribution in [0.2, 0.25) is 0 Å². The van der Waals surface area contributed by atoms with E-state index in [9.17, 15) is 4.79 Å². The fraction of sp³-hybridized carbons (Fsp3) is 0.400. The van der Waals surface area contributed by atoms with Gasteiger partial charge in [0.25, 0.3) is 5.91 Å². The summed E-state index contributed by atoms with van der Waals surface area (Å²) in [6.45, 7) is 1.85. The lowest BCUT2D eigenvalue weighted by Crippen LogP contribution is -2.14. The summed E-state index contributed by atoms with van der Waals surface area (Å²) in [7, 11) is 0. The van der Waals surface area contributed by atoms with Crippen LogP contribution in [0.25, 0.3) is 0 Å². The Balaban J connectivity index is 1.74. The largest absolute Gasteiger partial charge is 0.304 e. The molecule has 0 saturated heterocycles. The van der Waals surface area contributed by atoms with E-state index < -0.39 is 0 Å². The Morgan fingerprint density at radius 1 is 1.47 bits per heavy atom. The van der Waals surface area contributed by atoms with Crippen molar-refractivity contribution in [2.45, 2.75) is 25.7 Å². The van der Waals surface area contributed by atoms with Gasteiger partial charge in [0.2, 0.25) is 5.82 Å². The molecule has 2 aromatic heterocycles. The maximum Gasteiger partial charge on any atom is 0.296 e. The van der Waals surface area contributed by atoms with E-state index in [2.05, 4.69) is 30.7 Å². The zero-order valence-electron chi connectivity index (χ0n) is 9.32. The SMILES string of the molecule is Cc1cn[nH]c1NC(=O)c1n[nH]c(C2CC2)n1. The highest BCUT2D eigenvalue weighted by Crippen LogP contribution is 2.37. The summed E-state index contributed by atoms with van der Waals surface area (Å²) in [5.74, 6) is 1.67. The van der Waals surface area contributed by atoms with Crippen LogP contribution in [0.1, 0.15) is 40.8 Å². The average Bonchev–Trinajstić information content (AvgIpc) is 2.91. The zero-order valence-corrected chi connectivity index (χ0v) is 9.32. The minimum absolute atomic E-state index is 0.167. The number of hydrogen-bond donors (Lipinski definition) is 3. The Kier molecular flexibility index (Phi) is 2.17. The Labute approximate surface area is 97.0 Å². The number of H-pyrrole nitrogens is 2. The second-order valence-electron chi connectivity index (χ2n) is 4.20. The number of rotatable bonds is 3. The molecule has 0 bridgehead atoms. The van der Waals surface area contributed by atoms with E-state index in [1.54, 1.807) is 6.20 Å². The average molecular weight is 232 g/mol. The summed E-state index contributed by atoms with van der Waals surface area (Å²) in [4.78, 5) is 16.0. The summed E-state index contributed by atoms with van der Waals surface area (Å²) in [6, 6.07) is 0. The predicted molar refractivity (Wildman–Crippen MR) is 59.6 cm³/mol. The predicted octanol–water partition coefficient (Wildman–Crippen LogP) is 0.966. The number of anilines is 1. The fourth-order valence-corrected chi connectivity index (χ4v) is 1.56. The molecule has 0 unspecified atom stereocenters. The molecule has 0 spiro atoms. The van der Waals surface area contributed by atoms with Gasteiger partial charge in [-0.1, -0.05) is 0 Å². The van der Waals surface area contributed by atoms with Gasteiger partial charge in [0, 0.05) is 11.5 Å². The third-order valence-corrected chi connectivity index (χ3v) is 2.74. The lowest BCUT2D eigenvalue weighted by Gasteiger charge is -1.99. The van der Waals surface area contributed by atoms with Crippen LogP contribution in [0.5, 0.6) is 0 Å². The topological polar surface area (TPSA) is 99.4 Å². The summed E-state index contributed by atoms with van der Waals surface area (Å²) < 4.78 is 0. The molecule has 0 aliphatic heterocycles. The number of aromatic nitrogens is 5. The van der Waals surface area contributed by atoms with Gasteiger partial charge in [-0.3, -0.25) is 15.0 Å². The van der Waals surface area contributed by atoms with Crippen LogP contribution in [0, 0.1) is 6.92 Å². The van der Waals surface area contributed by atoms with Crippen molar-refractivity contribution < 1.29 is 4.79 Å². The van der Waals surface area contributed by atoms with E-state index in [0.717, 1.165) is 24.2 Å². The molecule has 0 aromatic carbocycles. The van der Waals surface area contributed by atoms with Crippen molar-refractivity contribution in [2.75, 3.05) is 5.32 Å². The minimum Gasteiger partial charge on any atom is -0.304 e. The Hall–Kier alpha value is -2.18. The first-order chi connectivity index (χ1) is 8.24. The lowest BCUT2D eigenvalue weighted by atomic mass is 10.3. The molecule has 3 N–H and O–H groups in total. The number of carbonyl (C=O) groups excluding carboxylic acids is 1. The van der Waals surface area contributed by atoms with Gasteiger partial charge in [-0.05, 0) is 19.8 Å². The van der Waals surface area contributed by atoms with Crippen LogP contribution in [-0.2, 0) is 0 Å². The molecule has 0 atom stereocenters. The second kappa shape index (κ2) is 3.69. The molecule has 2 heterocycles. The van der Waals surface area contributed by atoms with Crippen molar-refractivity contribution in [3.8, 4) is 0 Å². The third-order valence-electron chi connectivity index (χ3n) is 2.74. The monoisotopic (exact) mass is 232 g/mol. The molecule has 0 radical (unpaired) electrons. The number of carbonyl (C=O) groups is 1. The van der Waals surface area contributed by atoms with Crippen LogP contribution in [0.4, 0.5) is 5.82 Å². The summed E-state index contributed by atoms with van der Waals surface area (Å²) in [5.41, 5.74) is 0.872. The first-order valence-corrected chi connectivity index (χ1v) is 5.47. The minimum atomic E-state index is -0.333. The molecule has 17 heavy (non-hydrogen) atoms. The number of hydrogen-bond acceptors (Lipinski definition) is 4. The molecular formula is C10H12N6O. The Morgan fingerprint density at radius 2 is 2.29 bits per heavy atom. The number of amides is 1. The number of nitrogens with zero attached hydrogens (tertiary/aromatic N) is 3. The van der Waals surface area contributed by atoms with Crippen molar-refractivity contribution in [3.05, 3.63) is 23.4 Å². The zero-order chi connectivity index (χ0) is 11.8. The van der Waals surface area contributed by atoms with Gasteiger partial charge >= 0.3 is 0 Å². The molecular weight excluding hydrogens is 220 g/mol. The van der Waals surface area contributed by atoms with E-state index >= 15 is 0 Å². The number of aryl methyl sites for hydroxylation is 1. The molecule has 1 aliphatic carbocycles. The van der Waals surface area contributed by atoms with Gasteiger partial charge in [-0.25, -0.2) is 4.98 Å². The number of nitrogens with one attached hydrogen (secondary N) is 3. The molecule has 3 rings (SSSR count). The first kappa shape index (κ1) is 10.0. The highest BCUT2D eigenvalue weighted by atomic mass is 16.2. The van der Waals surface area contributed by atoms with Crippen molar-refractivity contribution in [2.24, 2.45) is 0 Å². The first-order valence-electron chi connectivity index (χ1n) is 5.47. The van der Waals surface area contributed by atoms with Crippen LogP contribution in [-0.4, -0.2) is 31.3 Å². The molecule has 1 saturated carbocycles. The van der Waals surface area contributed by atoms with Gasteiger partial charge in [0.15, 0.2) is 0 Å². The molecule has 2 aromatic rings. The van der Waals surface area contributed by atoms with Gasteiger partial charge in [0.1, 0.15) is 11.6 Å². The van der Waals surface area contributed by atoms with Crippen molar-refractivity contribution in [1.29, 1.82) is 0 Å². The maximum atomic E-state index is 11.8. The summed E-state index contributed by atoms with van der Waals surface area (Å²) in [5, 5.41) is 15.9. The van der Waals surface area contributed by atoms with Crippen LogP contribution in [0.3, 0.4) is 0 Å². The van der Waals surface area contributed by atoms with Crippen molar-refractivity contribution in [1.82, 2.24) is 25.4 Å². The van der Waals surface area contributed by atoms with Gasteiger partial charge in [-0.2, -0.15) is 5.10 Å². The normalized spacial score (nSPS) is 14.9. The summed E-state index contributed by atoms with van der Waals surface area (Å²) in [6.07, 6.45) is 3.88. The second-order valence-corrected chi connectivity index (χ2v) is 4.20. The van der Waals surface area contributed by atoms with E-state index in [4.69, 9.17) is 0 Å². The van der Waals surface area contributed by atoms with Crippen molar-refractivity contribution in [3.63, 3.8) is 0 Å². The van der Waals surface area contributed by atoms with Gasteiger partial charge in [-0.15, -0.1) is 5.10 Å². The molecule has 7 nitrogen and oxygen atoms in total. The highest BCUT2D eigenvalue weighted by Gasteiger charge is 2.28. The van der Waals surface area contributed by atoms with Crippen LogP contribution >= 0.6 is 0 Å². The van der Waals surface area contributed by atoms with Gasteiger partial charge in [0.05, 0.1) is 6.20 Å². The standard InChI is InChI=1S/C10H12N6O/c1-5-4-11-14-7(5)13-10(17)9-12-8(15-16-9)6-2-3-6/h4,6H,2-3H2,1H3,(H,12,15,16)(H2,11,13,14,17). The summed E-state index contributed by atoms with van der Waals surface area (Å²) >= 11 is 0. The van der Waals surface area contributed by atoms with E-state index in [0.29, 0.717) is 11.7 Å². The fourth-order valence-electron chi connectivity index (χ4n) is 1.56. The Bertz CT molecular complexity index is 553. The van der Waals surface area contributed by atoms with Gasteiger partial charge < -0.3 is 5.32 Å². The van der Waals surface area contributed by atoms with E-state index in [1.165, 1.54) is 0 Å². The molecule has 1 amide bonds. The van der Waals surface area contributed by atoms with E-state index in [1.807, 2.05) is 6.92 Å². The lowest BCUT2D eigenvalue weighted by molar-refractivity contribution is 0.101. The van der Waals surface area contributed by atoms with Crippen LogP contribution < -0.4 is 5.32 Å². The molecule has 7 heteroatoms. The maximum absolute atomic E-state index is 11.8. The quantitative estimate of drug-likeness (QED) is 0.734. The van der Waals surface area contributed by atoms with E-state index in [-0.39, 0.29) is 11.7 Å². The third kappa shape index (κ3) is 1.91. The number of aromatic amines is 2. The molecule has 1 fully saturated rings. The van der Waals surface area contributed by atoms with Crippen LogP contribution in [0.15, 0.2) is 6.20 Å². The smallest absolute Gasteiger partial charge is 0.296 e. The Morgan fingerprint density at radius 3 is 2.94 bits per heavy atom.